The molecule has 1 amide bonds. The van der Waals surface area contributed by atoms with Crippen LogP contribution in [-0.4, -0.2) is 16.0 Å². The number of rotatable bonds is 2. The van der Waals surface area contributed by atoms with Crippen LogP contribution < -0.4 is 5.32 Å². The molecule has 1 heterocycles. The van der Waals surface area contributed by atoms with Crippen LogP contribution in [0.25, 0.3) is 0 Å². The molecular weight excluding hydrogens is 236 g/mol. The highest BCUT2D eigenvalue weighted by atomic mass is 32.1. The first-order valence-electron chi connectivity index (χ1n) is 5.10. The monoisotopic (exact) mass is 248 g/mol. The molecule has 0 aliphatic carbocycles. The number of carbonyl (C=O) groups excluding carboxylic acids is 1. The van der Waals surface area contributed by atoms with Crippen molar-refractivity contribution in [3.8, 4) is 5.75 Å². The van der Waals surface area contributed by atoms with Gasteiger partial charge in [0.1, 0.15) is 5.75 Å². The fourth-order valence-electron chi connectivity index (χ4n) is 1.31. The molecule has 0 fully saturated rings. The van der Waals surface area contributed by atoms with Gasteiger partial charge in [-0.3, -0.25) is 10.1 Å². The second-order valence-electron chi connectivity index (χ2n) is 3.66. The second-order valence-corrected chi connectivity index (χ2v) is 4.86. The number of thiazole rings is 1. The van der Waals surface area contributed by atoms with Crippen molar-refractivity contribution in [3.05, 3.63) is 40.4 Å². The number of phenolic OH excluding ortho intramolecular Hbond substituents is 1. The Balaban J connectivity index is 2.14. The summed E-state index contributed by atoms with van der Waals surface area (Å²) >= 11 is 1.45. The van der Waals surface area contributed by atoms with Gasteiger partial charge in [-0.15, -0.1) is 11.3 Å². The van der Waals surface area contributed by atoms with Crippen molar-refractivity contribution in [2.24, 2.45) is 0 Å². The lowest BCUT2D eigenvalue weighted by Crippen LogP contribution is -2.11. The van der Waals surface area contributed by atoms with Gasteiger partial charge in [-0.1, -0.05) is 0 Å². The van der Waals surface area contributed by atoms with Crippen LogP contribution >= 0.6 is 11.3 Å². The summed E-state index contributed by atoms with van der Waals surface area (Å²) in [5.74, 6) is -0.0822. The lowest BCUT2D eigenvalue weighted by Gasteiger charge is -2.01. The molecule has 2 rings (SSSR count). The molecule has 0 aliphatic rings. The maximum absolute atomic E-state index is 11.8. The van der Waals surface area contributed by atoms with Gasteiger partial charge in [-0.05, 0) is 38.1 Å². The zero-order valence-corrected chi connectivity index (χ0v) is 10.3. The van der Waals surface area contributed by atoms with Gasteiger partial charge in [-0.2, -0.15) is 0 Å². The van der Waals surface area contributed by atoms with Gasteiger partial charge in [0.2, 0.25) is 0 Å². The third kappa shape index (κ3) is 2.62. The van der Waals surface area contributed by atoms with E-state index in [4.69, 9.17) is 5.11 Å². The van der Waals surface area contributed by atoms with Crippen LogP contribution in [0.5, 0.6) is 5.75 Å². The number of benzene rings is 1. The average molecular weight is 248 g/mol. The summed E-state index contributed by atoms with van der Waals surface area (Å²) < 4.78 is 0. The highest BCUT2D eigenvalue weighted by Crippen LogP contribution is 2.21. The summed E-state index contributed by atoms with van der Waals surface area (Å²) in [7, 11) is 0. The van der Waals surface area contributed by atoms with Crippen molar-refractivity contribution in [2.75, 3.05) is 5.32 Å². The standard InChI is InChI=1S/C12H12N2O2S/c1-7-8(2)17-12(13-7)14-11(16)9-3-5-10(15)6-4-9/h3-6,15H,1-2H3,(H,13,14,16). The van der Waals surface area contributed by atoms with Gasteiger partial charge in [0.25, 0.3) is 5.91 Å². The first-order chi connectivity index (χ1) is 8.06. The summed E-state index contributed by atoms with van der Waals surface area (Å²) in [4.78, 5) is 17.1. The Morgan fingerprint density at radius 2 is 1.94 bits per heavy atom. The number of aryl methyl sites for hydroxylation is 2. The van der Waals surface area contributed by atoms with Crippen LogP contribution in [-0.2, 0) is 0 Å². The van der Waals surface area contributed by atoms with Crippen molar-refractivity contribution in [1.29, 1.82) is 0 Å². The zero-order chi connectivity index (χ0) is 12.4. The molecule has 0 bridgehead atoms. The number of aromatic hydroxyl groups is 1. The van der Waals surface area contributed by atoms with Crippen LogP contribution in [0.3, 0.4) is 0 Å². The topological polar surface area (TPSA) is 62.2 Å². The van der Waals surface area contributed by atoms with E-state index in [0.717, 1.165) is 10.6 Å². The number of anilines is 1. The van der Waals surface area contributed by atoms with Crippen molar-refractivity contribution in [1.82, 2.24) is 4.98 Å². The number of hydrogen-bond acceptors (Lipinski definition) is 4. The normalized spacial score (nSPS) is 10.2. The fourth-order valence-corrected chi connectivity index (χ4v) is 2.12. The Morgan fingerprint density at radius 1 is 1.29 bits per heavy atom. The molecule has 0 unspecified atom stereocenters. The minimum atomic E-state index is -0.223. The summed E-state index contributed by atoms with van der Waals surface area (Å²) in [5, 5.41) is 12.4. The van der Waals surface area contributed by atoms with E-state index in [1.807, 2.05) is 13.8 Å². The van der Waals surface area contributed by atoms with Crippen molar-refractivity contribution in [2.45, 2.75) is 13.8 Å². The van der Waals surface area contributed by atoms with Gasteiger partial charge in [0.15, 0.2) is 5.13 Å². The Kier molecular flexibility index (Phi) is 3.10. The Hall–Kier alpha value is -1.88. The van der Waals surface area contributed by atoms with Gasteiger partial charge < -0.3 is 5.11 Å². The number of carbonyl (C=O) groups is 1. The number of hydrogen-bond donors (Lipinski definition) is 2. The average Bonchev–Trinajstić information content (AvgIpc) is 2.58. The number of amides is 1. The number of phenols is 1. The van der Waals surface area contributed by atoms with Crippen LogP contribution in [0.2, 0.25) is 0 Å². The third-order valence-electron chi connectivity index (χ3n) is 2.38. The molecule has 0 saturated carbocycles. The number of nitrogens with zero attached hydrogens (tertiary/aromatic N) is 1. The molecule has 1 aromatic carbocycles. The molecular formula is C12H12N2O2S. The molecule has 0 aliphatic heterocycles. The molecule has 2 aromatic rings. The van der Waals surface area contributed by atoms with E-state index in [-0.39, 0.29) is 11.7 Å². The van der Waals surface area contributed by atoms with E-state index in [0.29, 0.717) is 10.7 Å². The van der Waals surface area contributed by atoms with E-state index >= 15 is 0 Å². The fraction of sp³-hybridized carbons (Fsp3) is 0.167. The maximum Gasteiger partial charge on any atom is 0.257 e. The van der Waals surface area contributed by atoms with Crippen LogP contribution in [0.4, 0.5) is 5.13 Å². The molecule has 88 valence electrons. The third-order valence-corrected chi connectivity index (χ3v) is 3.37. The molecule has 0 saturated heterocycles. The molecule has 0 atom stereocenters. The van der Waals surface area contributed by atoms with E-state index in [1.54, 1.807) is 12.1 Å². The molecule has 0 radical (unpaired) electrons. The van der Waals surface area contributed by atoms with Crippen LogP contribution in [0.15, 0.2) is 24.3 Å². The van der Waals surface area contributed by atoms with Crippen molar-refractivity contribution in [3.63, 3.8) is 0 Å². The zero-order valence-electron chi connectivity index (χ0n) is 9.52. The van der Waals surface area contributed by atoms with E-state index in [1.165, 1.54) is 23.5 Å². The highest BCUT2D eigenvalue weighted by molar-refractivity contribution is 7.15. The molecule has 0 spiro atoms. The van der Waals surface area contributed by atoms with Crippen molar-refractivity contribution < 1.29 is 9.90 Å². The Labute approximate surface area is 103 Å². The summed E-state index contributed by atoms with van der Waals surface area (Å²) in [6.45, 7) is 3.87. The maximum atomic E-state index is 11.8. The first-order valence-corrected chi connectivity index (χ1v) is 5.92. The predicted octanol–water partition coefficient (Wildman–Crippen LogP) is 2.72. The molecule has 1 aromatic heterocycles. The lowest BCUT2D eigenvalue weighted by molar-refractivity contribution is 0.102. The predicted molar refractivity (Wildman–Crippen MR) is 67.6 cm³/mol. The van der Waals surface area contributed by atoms with Gasteiger partial charge in [0.05, 0.1) is 5.69 Å². The SMILES string of the molecule is Cc1nc(NC(=O)c2ccc(O)cc2)sc1C. The van der Waals surface area contributed by atoms with Gasteiger partial charge >= 0.3 is 0 Å². The summed E-state index contributed by atoms with van der Waals surface area (Å²) in [5.41, 5.74) is 1.42. The number of nitrogens with one attached hydrogen (secondary N) is 1. The van der Waals surface area contributed by atoms with E-state index < -0.39 is 0 Å². The lowest BCUT2D eigenvalue weighted by atomic mass is 10.2. The van der Waals surface area contributed by atoms with Crippen molar-refractivity contribution >= 4 is 22.4 Å². The smallest absolute Gasteiger partial charge is 0.257 e. The molecule has 5 heteroatoms. The largest absolute Gasteiger partial charge is 0.508 e. The second kappa shape index (κ2) is 4.55. The quantitative estimate of drug-likeness (QED) is 0.859. The minimum absolute atomic E-state index is 0.141. The minimum Gasteiger partial charge on any atom is -0.508 e. The van der Waals surface area contributed by atoms with Crippen LogP contribution in [0, 0.1) is 13.8 Å². The van der Waals surface area contributed by atoms with E-state index in [2.05, 4.69) is 10.3 Å². The number of aromatic nitrogens is 1. The van der Waals surface area contributed by atoms with E-state index in [9.17, 15) is 4.79 Å². The summed E-state index contributed by atoms with van der Waals surface area (Å²) in [6, 6.07) is 6.09. The molecule has 2 N–H and O–H groups in total. The highest BCUT2D eigenvalue weighted by Gasteiger charge is 2.09. The van der Waals surface area contributed by atoms with Gasteiger partial charge in [0, 0.05) is 10.4 Å². The van der Waals surface area contributed by atoms with Gasteiger partial charge in [-0.25, -0.2) is 4.98 Å². The van der Waals surface area contributed by atoms with Crippen LogP contribution in [0.1, 0.15) is 20.9 Å². The Bertz CT molecular complexity index is 527. The first kappa shape index (κ1) is 11.6. The Morgan fingerprint density at radius 3 is 2.47 bits per heavy atom. The molecule has 17 heavy (non-hydrogen) atoms. The molecule has 4 nitrogen and oxygen atoms in total. The summed E-state index contributed by atoms with van der Waals surface area (Å²) in [6.07, 6.45) is 0.